The van der Waals surface area contributed by atoms with Gasteiger partial charge in [0.05, 0.1) is 11.8 Å². The lowest BCUT2D eigenvalue weighted by molar-refractivity contribution is 0.0950. The summed E-state index contributed by atoms with van der Waals surface area (Å²) in [5, 5.41) is 14.4. The van der Waals surface area contributed by atoms with Crippen molar-refractivity contribution >= 4 is 11.7 Å². The van der Waals surface area contributed by atoms with E-state index in [1.165, 1.54) is 24.8 Å². The Hall–Kier alpha value is -3.01. The standard InChI is InChI=1S/C13H12N6O/c14-7-10-1-2-12(19-8-10)17-5-6-18-13(20)11-9-15-3-4-16-11/h1-4,8-9H,5-6H2,(H,17,19)(H,18,20). The van der Waals surface area contributed by atoms with Gasteiger partial charge in [0.15, 0.2) is 0 Å². The largest absolute Gasteiger partial charge is 0.368 e. The van der Waals surface area contributed by atoms with E-state index in [4.69, 9.17) is 5.26 Å². The Labute approximate surface area is 115 Å². The lowest BCUT2D eigenvalue weighted by Gasteiger charge is -2.06. The fourth-order valence-corrected chi connectivity index (χ4v) is 1.44. The van der Waals surface area contributed by atoms with E-state index in [1.807, 2.05) is 6.07 Å². The van der Waals surface area contributed by atoms with E-state index in [-0.39, 0.29) is 11.6 Å². The molecule has 7 nitrogen and oxygen atoms in total. The van der Waals surface area contributed by atoms with Gasteiger partial charge in [-0.2, -0.15) is 5.26 Å². The molecule has 0 bridgehead atoms. The fourth-order valence-electron chi connectivity index (χ4n) is 1.44. The van der Waals surface area contributed by atoms with Gasteiger partial charge in [-0.25, -0.2) is 9.97 Å². The van der Waals surface area contributed by atoms with Gasteiger partial charge >= 0.3 is 0 Å². The molecule has 0 saturated carbocycles. The number of amides is 1. The second kappa shape index (κ2) is 6.80. The zero-order valence-corrected chi connectivity index (χ0v) is 10.6. The number of nitrogens with zero attached hydrogens (tertiary/aromatic N) is 4. The summed E-state index contributed by atoms with van der Waals surface area (Å²) >= 11 is 0. The van der Waals surface area contributed by atoms with Gasteiger partial charge in [0.1, 0.15) is 17.6 Å². The highest BCUT2D eigenvalue weighted by molar-refractivity contribution is 5.91. The maximum absolute atomic E-state index is 11.6. The van der Waals surface area contributed by atoms with E-state index >= 15 is 0 Å². The van der Waals surface area contributed by atoms with Crippen LogP contribution in [0.5, 0.6) is 0 Å². The molecule has 2 rings (SSSR count). The van der Waals surface area contributed by atoms with Crippen LogP contribution in [0.1, 0.15) is 16.1 Å². The summed E-state index contributed by atoms with van der Waals surface area (Å²) in [5.74, 6) is 0.380. The molecule has 7 heteroatoms. The van der Waals surface area contributed by atoms with Gasteiger partial charge in [0.25, 0.3) is 5.91 Å². The average Bonchev–Trinajstić information content (AvgIpc) is 2.53. The van der Waals surface area contributed by atoms with Crippen molar-refractivity contribution in [2.75, 3.05) is 18.4 Å². The Morgan fingerprint density at radius 3 is 2.75 bits per heavy atom. The SMILES string of the molecule is N#Cc1ccc(NCCNC(=O)c2cnccn2)nc1. The molecule has 1 amide bonds. The molecule has 0 aliphatic rings. The summed E-state index contributed by atoms with van der Waals surface area (Å²) in [6.07, 6.45) is 5.87. The zero-order valence-electron chi connectivity index (χ0n) is 10.6. The first-order valence-electron chi connectivity index (χ1n) is 5.94. The van der Waals surface area contributed by atoms with E-state index in [1.54, 1.807) is 12.1 Å². The van der Waals surface area contributed by atoms with Gasteiger partial charge in [-0.3, -0.25) is 9.78 Å². The van der Waals surface area contributed by atoms with Crippen LogP contribution >= 0.6 is 0 Å². The van der Waals surface area contributed by atoms with Gasteiger partial charge in [-0.1, -0.05) is 0 Å². The third-order valence-electron chi connectivity index (χ3n) is 2.41. The van der Waals surface area contributed by atoms with Crippen molar-refractivity contribution in [2.24, 2.45) is 0 Å². The van der Waals surface area contributed by atoms with Crippen LogP contribution in [-0.4, -0.2) is 33.9 Å². The average molecular weight is 268 g/mol. The van der Waals surface area contributed by atoms with E-state index < -0.39 is 0 Å². The Kier molecular flexibility index (Phi) is 4.56. The molecule has 0 unspecified atom stereocenters. The van der Waals surface area contributed by atoms with Gasteiger partial charge < -0.3 is 10.6 Å². The van der Waals surface area contributed by atoms with Gasteiger partial charge in [0, 0.05) is 31.7 Å². The summed E-state index contributed by atoms with van der Waals surface area (Å²) in [6, 6.07) is 5.38. The van der Waals surface area contributed by atoms with Crippen LogP contribution < -0.4 is 10.6 Å². The number of rotatable bonds is 5. The van der Waals surface area contributed by atoms with Crippen molar-refractivity contribution in [3.05, 3.63) is 48.2 Å². The van der Waals surface area contributed by atoms with Crippen molar-refractivity contribution in [1.29, 1.82) is 5.26 Å². The third-order valence-corrected chi connectivity index (χ3v) is 2.41. The number of pyridine rings is 1. The van der Waals surface area contributed by atoms with Crippen molar-refractivity contribution < 1.29 is 4.79 Å². The predicted molar refractivity (Wildman–Crippen MR) is 71.8 cm³/mol. The number of aromatic nitrogens is 3. The first-order chi connectivity index (χ1) is 9.79. The lowest BCUT2D eigenvalue weighted by Crippen LogP contribution is -2.29. The highest BCUT2D eigenvalue weighted by Crippen LogP contribution is 2.02. The summed E-state index contributed by atoms with van der Waals surface area (Å²) < 4.78 is 0. The van der Waals surface area contributed by atoms with E-state index in [0.717, 1.165) is 0 Å². The second-order valence-corrected chi connectivity index (χ2v) is 3.82. The minimum atomic E-state index is -0.271. The molecule has 100 valence electrons. The van der Waals surface area contributed by atoms with E-state index in [9.17, 15) is 4.79 Å². The normalized spacial score (nSPS) is 9.55. The predicted octanol–water partition coefficient (Wildman–Crippen LogP) is 0.585. The van der Waals surface area contributed by atoms with Gasteiger partial charge in [0.2, 0.25) is 0 Å². The molecule has 0 aromatic carbocycles. The fraction of sp³-hybridized carbons (Fsp3) is 0.154. The van der Waals surface area contributed by atoms with Crippen molar-refractivity contribution in [3.8, 4) is 6.07 Å². The molecule has 0 aliphatic heterocycles. The number of carbonyl (C=O) groups is 1. The van der Waals surface area contributed by atoms with Crippen molar-refractivity contribution in [3.63, 3.8) is 0 Å². The van der Waals surface area contributed by atoms with Crippen molar-refractivity contribution in [1.82, 2.24) is 20.3 Å². The molecule has 2 aromatic rings. The minimum absolute atomic E-state index is 0.271. The highest BCUT2D eigenvalue weighted by atomic mass is 16.1. The maximum atomic E-state index is 11.6. The maximum Gasteiger partial charge on any atom is 0.271 e. The molecule has 0 radical (unpaired) electrons. The molecule has 0 saturated heterocycles. The molecule has 0 aliphatic carbocycles. The zero-order chi connectivity index (χ0) is 14.2. The van der Waals surface area contributed by atoms with Gasteiger partial charge in [-0.05, 0) is 12.1 Å². The molecule has 0 fully saturated rings. The number of nitriles is 1. The Bertz CT molecular complexity index is 605. The molecule has 2 aromatic heterocycles. The topological polar surface area (TPSA) is 104 Å². The highest BCUT2D eigenvalue weighted by Gasteiger charge is 2.05. The van der Waals surface area contributed by atoms with Gasteiger partial charge in [-0.15, -0.1) is 0 Å². The molecule has 2 heterocycles. The molecule has 20 heavy (non-hydrogen) atoms. The summed E-state index contributed by atoms with van der Waals surface area (Å²) in [7, 11) is 0. The van der Waals surface area contributed by atoms with Crippen molar-refractivity contribution in [2.45, 2.75) is 0 Å². The molecule has 0 atom stereocenters. The van der Waals surface area contributed by atoms with E-state index in [0.29, 0.717) is 24.5 Å². The quantitative estimate of drug-likeness (QED) is 0.769. The monoisotopic (exact) mass is 268 g/mol. The van der Waals surface area contributed by atoms with Crippen LogP contribution in [0.25, 0.3) is 0 Å². The van der Waals surface area contributed by atoms with E-state index in [2.05, 4.69) is 25.6 Å². The van der Waals surface area contributed by atoms with Crippen LogP contribution in [0.4, 0.5) is 5.82 Å². The number of hydrogen-bond acceptors (Lipinski definition) is 6. The number of hydrogen-bond donors (Lipinski definition) is 2. The Balaban J connectivity index is 1.74. The minimum Gasteiger partial charge on any atom is -0.368 e. The number of carbonyl (C=O) groups excluding carboxylic acids is 1. The third kappa shape index (κ3) is 3.74. The second-order valence-electron chi connectivity index (χ2n) is 3.82. The molecule has 2 N–H and O–H groups in total. The number of anilines is 1. The number of nitrogens with one attached hydrogen (secondary N) is 2. The van der Waals surface area contributed by atoms with Crippen LogP contribution in [0, 0.1) is 11.3 Å². The summed E-state index contributed by atoms with van der Waals surface area (Å²) in [4.78, 5) is 23.4. The first-order valence-corrected chi connectivity index (χ1v) is 5.94. The van der Waals surface area contributed by atoms with Crippen LogP contribution in [-0.2, 0) is 0 Å². The lowest BCUT2D eigenvalue weighted by atomic mass is 10.3. The smallest absolute Gasteiger partial charge is 0.271 e. The Morgan fingerprint density at radius 2 is 2.10 bits per heavy atom. The summed E-state index contributed by atoms with van der Waals surface area (Å²) in [5.41, 5.74) is 0.788. The molecule has 0 spiro atoms. The van der Waals surface area contributed by atoms with Crippen LogP contribution in [0.2, 0.25) is 0 Å². The molecular weight excluding hydrogens is 256 g/mol. The first kappa shape index (κ1) is 13.4. The molecular formula is C13H12N6O. The van der Waals surface area contributed by atoms with Crippen LogP contribution in [0.3, 0.4) is 0 Å². The Morgan fingerprint density at radius 1 is 1.20 bits per heavy atom. The summed E-state index contributed by atoms with van der Waals surface area (Å²) in [6.45, 7) is 0.946. The van der Waals surface area contributed by atoms with Crippen LogP contribution in [0.15, 0.2) is 36.9 Å².